The number of fused-ring (bicyclic) bond motifs is 2. The van der Waals surface area contributed by atoms with Gasteiger partial charge >= 0.3 is 0 Å². The number of aromatic amines is 1. The number of hydrogen-bond acceptors (Lipinski definition) is 2. The predicted molar refractivity (Wildman–Crippen MR) is 62.8 cm³/mol. The molecular weight excluding hydrogens is 200 g/mol. The van der Waals surface area contributed by atoms with Gasteiger partial charge < -0.3 is 10.8 Å². The van der Waals surface area contributed by atoms with Crippen molar-refractivity contribution in [2.75, 3.05) is 5.73 Å². The van der Waals surface area contributed by atoms with E-state index in [1.54, 1.807) is 0 Å². The summed E-state index contributed by atoms with van der Waals surface area (Å²) in [6.45, 7) is 0. The maximum absolute atomic E-state index is 10.0. The van der Waals surface area contributed by atoms with Crippen LogP contribution in [0.1, 0.15) is 30.2 Å². The summed E-state index contributed by atoms with van der Waals surface area (Å²) in [4.78, 5) is 3.38. The summed E-state index contributed by atoms with van der Waals surface area (Å²) >= 11 is 0. The van der Waals surface area contributed by atoms with Crippen molar-refractivity contribution in [3.8, 4) is 0 Å². The highest BCUT2D eigenvalue weighted by Crippen LogP contribution is 2.34. The molecule has 3 rings (SSSR count). The number of H-pyrrole nitrogens is 1. The van der Waals surface area contributed by atoms with Crippen LogP contribution in [0.2, 0.25) is 0 Å². The van der Waals surface area contributed by atoms with Crippen molar-refractivity contribution >= 4 is 16.6 Å². The highest BCUT2D eigenvalue weighted by molar-refractivity contribution is 5.89. The van der Waals surface area contributed by atoms with Crippen LogP contribution >= 0.6 is 0 Å². The number of nitrogens with two attached hydrogens (primary N) is 1. The number of hydrogen-bond donors (Lipinski definition) is 2. The van der Waals surface area contributed by atoms with Gasteiger partial charge in [-0.15, -0.1) is 0 Å². The fraction of sp³-hybridized carbons (Fsp3) is 0.308. The molecule has 82 valence electrons. The SMILES string of the molecule is Nc1c2c([nH+]c3ccccc13)CCC[C@H]2O. The number of aliphatic hydroxyl groups is 1. The lowest BCUT2D eigenvalue weighted by atomic mass is 9.90. The van der Waals surface area contributed by atoms with Crippen LogP contribution in [0.25, 0.3) is 10.9 Å². The van der Waals surface area contributed by atoms with Gasteiger partial charge in [0.1, 0.15) is 0 Å². The molecule has 1 atom stereocenters. The van der Waals surface area contributed by atoms with Crippen molar-refractivity contribution < 1.29 is 10.1 Å². The van der Waals surface area contributed by atoms with Crippen LogP contribution in [-0.2, 0) is 6.42 Å². The smallest absolute Gasteiger partial charge is 0.213 e. The van der Waals surface area contributed by atoms with E-state index in [2.05, 4.69) is 4.98 Å². The molecular formula is C13H15N2O+. The van der Waals surface area contributed by atoms with E-state index in [1.807, 2.05) is 24.3 Å². The van der Waals surface area contributed by atoms with Gasteiger partial charge in [0, 0.05) is 12.5 Å². The van der Waals surface area contributed by atoms with Gasteiger partial charge in [-0.1, -0.05) is 12.1 Å². The van der Waals surface area contributed by atoms with Crippen LogP contribution in [0.15, 0.2) is 24.3 Å². The van der Waals surface area contributed by atoms with E-state index < -0.39 is 6.10 Å². The van der Waals surface area contributed by atoms with E-state index in [4.69, 9.17) is 5.73 Å². The van der Waals surface area contributed by atoms with Crippen LogP contribution in [-0.4, -0.2) is 5.11 Å². The van der Waals surface area contributed by atoms with Gasteiger partial charge in [0.05, 0.1) is 22.7 Å². The van der Waals surface area contributed by atoms with Crippen LogP contribution < -0.4 is 10.7 Å². The molecule has 2 aromatic rings. The molecule has 1 heterocycles. The van der Waals surface area contributed by atoms with Crippen molar-refractivity contribution in [1.82, 2.24) is 0 Å². The van der Waals surface area contributed by atoms with Crippen molar-refractivity contribution in [2.24, 2.45) is 0 Å². The van der Waals surface area contributed by atoms with Gasteiger partial charge in [0.25, 0.3) is 0 Å². The van der Waals surface area contributed by atoms with E-state index in [0.29, 0.717) is 0 Å². The molecule has 0 saturated carbocycles. The molecule has 4 N–H and O–H groups in total. The van der Waals surface area contributed by atoms with Crippen molar-refractivity contribution in [2.45, 2.75) is 25.4 Å². The normalized spacial score (nSPS) is 19.7. The van der Waals surface area contributed by atoms with Gasteiger partial charge in [0.15, 0.2) is 5.69 Å². The van der Waals surface area contributed by atoms with Crippen molar-refractivity contribution in [1.29, 1.82) is 0 Å². The topological polar surface area (TPSA) is 60.4 Å². The quantitative estimate of drug-likeness (QED) is 0.701. The standard InChI is InChI=1S/C13H14N2O/c14-13-8-4-1-2-5-9(8)15-10-6-3-7-11(16)12(10)13/h1-2,4-5,11,16H,3,6-7H2,(H2,14,15)/p+1/t11-/m1/s1. The third kappa shape index (κ3) is 1.28. The zero-order valence-electron chi connectivity index (χ0n) is 9.03. The second-order valence-electron chi connectivity index (χ2n) is 4.38. The summed E-state index contributed by atoms with van der Waals surface area (Å²) in [5.41, 5.74) is 9.93. The molecule has 0 radical (unpaired) electrons. The third-order valence-corrected chi connectivity index (χ3v) is 3.36. The highest BCUT2D eigenvalue weighted by Gasteiger charge is 2.27. The van der Waals surface area contributed by atoms with E-state index in [-0.39, 0.29) is 0 Å². The molecule has 0 spiro atoms. The Balaban J connectivity index is 2.36. The molecule has 1 aliphatic rings. The van der Waals surface area contributed by atoms with E-state index in [1.165, 1.54) is 0 Å². The van der Waals surface area contributed by atoms with Crippen molar-refractivity contribution in [3.05, 3.63) is 35.5 Å². The molecule has 3 heteroatoms. The molecule has 0 saturated heterocycles. The molecule has 1 aromatic heterocycles. The Morgan fingerprint density at radius 2 is 2.12 bits per heavy atom. The summed E-state index contributed by atoms with van der Waals surface area (Å²) in [5.74, 6) is 0. The first-order valence-electron chi connectivity index (χ1n) is 5.67. The minimum absolute atomic E-state index is 0.412. The number of nitrogen functional groups attached to an aromatic ring is 1. The second-order valence-corrected chi connectivity index (χ2v) is 4.38. The average Bonchev–Trinajstić information content (AvgIpc) is 2.29. The molecule has 1 aliphatic carbocycles. The summed E-state index contributed by atoms with van der Waals surface area (Å²) in [6, 6.07) is 7.97. The molecule has 3 nitrogen and oxygen atoms in total. The van der Waals surface area contributed by atoms with Crippen LogP contribution in [0.3, 0.4) is 0 Å². The molecule has 0 bridgehead atoms. The lowest BCUT2D eigenvalue weighted by Crippen LogP contribution is -2.23. The van der Waals surface area contributed by atoms with Gasteiger partial charge in [-0.3, -0.25) is 0 Å². The molecule has 0 unspecified atom stereocenters. The Bertz CT molecular complexity index is 551. The van der Waals surface area contributed by atoms with E-state index in [0.717, 1.165) is 47.1 Å². The molecule has 0 aliphatic heterocycles. The number of pyridine rings is 1. The molecule has 1 aromatic carbocycles. The number of rotatable bonds is 0. The Labute approximate surface area is 93.9 Å². The van der Waals surface area contributed by atoms with Crippen LogP contribution in [0, 0.1) is 0 Å². The number of nitrogens with one attached hydrogen (secondary N) is 1. The second kappa shape index (κ2) is 3.46. The van der Waals surface area contributed by atoms with Gasteiger partial charge in [-0.2, -0.15) is 0 Å². The highest BCUT2D eigenvalue weighted by atomic mass is 16.3. The largest absolute Gasteiger partial charge is 0.398 e. The maximum atomic E-state index is 10.0. The number of aliphatic hydroxyl groups excluding tert-OH is 1. The van der Waals surface area contributed by atoms with Crippen LogP contribution in [0.4, 0.5) is 5.69 Å². The first kappa shape index (κ1) is 9.60. The minimum Gasteiger partial charge on any atom is -0.398 e. The van der Waals surface area contributed by atoms with Gasteiger partial charge in [-0.05, 0) is 18.9 Å². The Hall–Kier alpha value is -1.61. The number of para-hydroxylation sites is 1. The molecule has 16 heavy (non-hydrogen) atoms. The summed E-state index contributed by atoms with van der Waals surface area (Å²) in [5, 5.41) is 11.0. The Morgan fingerprint density at radius 1 is 1.31 bits per heavy atom. The summed E-state index contributed by atoms with van der Waals surface area (Å²) in [6.07, 6.45) is 2.39. The zero-order chi connectivity index (χ0) is 11.1. The average molecular weight is 215 g/mol. The zero-order valence-corrected chi connectivity index (χ0v) is 9.03. The fourth-order valence-corrected chi connectivity index (χ4v) is 2.56. The maximum Gasteiger partial charge on any atom is 0.213 e. The number of aromatic nitrogens is 1. The lowest BCUT2D eigenvalue weighted by molar-refractivity contribution is -0.360. The van der Waals surface area contributed by atoms with Gasteiger partial charge in [-0.25, -0.2) is 4.98 Å². The van der Waals surface area contributed by atoms with Gasteiger partial charge in [0.2, 0.25) is 5.52 Å². The molecule has 0 fully saturated rings. The minimum atomic E-state index is -0.412. The number of aryl methyl sites for hydroxylation is 1. The summed E-state index contributed by atoms with van der Waals surface area (Å²) in [7, 11) is 0. The number of benzene rings is 1. The van der Waals surface area contributed by atoms with Crippen molar-refractivity contribution in [3.63, 3.8) is 0 Å². The summed E-state index contributed by atoms with van der Waals surface area (Å²) < 4.78 is 0. The Kier molecular flexibility index (Phi) is 2.07. The number of anilines is 1. The monoisotopic (exact) mass is 215 g/mol. The van der Waals surface area contributed by atoms with E-state index >= 15 is 0 Å². The molecule has 0 amide bonds. The third-order valence-electron chi connectivity index (χ3n) is 3.36. The fourth-order valence-electron chi connectivity index (χ4n) is 2.56. The predicted octanol–water partition coefficient (Wildman–Crippen LogP) is 1.61. The first-order chi connectivity index (χ1) is 7.77. The Morgan fingerprint density at radius 3 is 3.00 bits per heavy atom. The van der Waals surface area contributed by atoms with Crippen LogP contribution in [0.5, 0.6) is 0 Å². The first-order valence-corrected chi connectivity index (χ1v) is 5.67. The lowest BCUT2D eigenvalue weighted by Gasteiger charge is -2.19. The van der Waals surface area contributed by atoms with E-state index in [9.17, 15) is 5.11 Å².